The molecule has 0 aliphatic rings. The van der Waals surface area contributed by atoms with Crippen molar-refractivity contribution in [1.82, 2.24) is 9.78 Å². The van der Waals surface area contributed by atoms with Crippen molar-refractivity contribution in [2.24, 2.45) is 13.0 Å². The maximum Gasteiger partial charge on any atom is 0.0628 e. The largest absolute Gasteiger partial charge is 0.393 e. The van der Waals surface area contributed by atoms with E-state index in [0.29, 0.717) is 0 Å². The lowest BCUT2D eigenvalue weighted by Gasteiger charge is -2.11. The molecule has 1 atom stereocenters. The van der Waals surface area contributed by atoms with E-state index in [9.17, 15) is 5.11 Å². The van der Waals surface area contributed by atoms with Gasteiger partial charge in [-0.25, -0.2) is 0 Å². The topological polar surface area (TPSA) is 38.0 Å². The molecule has 0 radical (unpaired) electrons. The molecule has 3 nitrogen and oxygen atoms in total. The molecule has 1 aromatic rings. The van der Waals surface area contributed by atoms with Crippen molar-refractivity contribution in [1.29, 1.82) is 0 Å². The summed E-state index contributed by atoms with van der Waals surface area (Å²) in [6.45, 7) is 8.61. The third-order valence-electron chi connectivity index (χ3n) is 3.71. The van der Waals surface area contributed by atoms with Gasteiger partial charge < -0.3 is 5.11 Å². The highest BCUT2D eigenvalue weighted by Gasteiger charge is 2.11. The van der Waals surface area contributed by atoms with Crippen molar-refractivity contribution < 1.29 is 5.11 Å². The molecule has 3 heteroatoms. The van der Waals surface area contributed by atoms with Gasteiger partial charge in [-0.3, -0.25) is 4.68 Å². The van der Waals surface area contributed by atoms with E-state index in [2.05, 4.69) is 25.9 Å². The van der Waals surface area contributed by atoms with Gasteiger partial charge in [0.05, 0.1) is 11.8 Å². The number of hydrogen-bond donors (Lipinski definition) is 1. The fourth-order valence-electron chi connectivity index (χ4n) is 2.40. The Bertz CT molecular complexity index is 369. The Labute approximate surface area is 111 Å². The highest BCUT2D eigenvalue weighted by Crippen LogP contribution is 2.17. The summed E-state index contributed by atoms with van der Waals surface area (Å²) in [5, 5.41) is 14.4. The molecule has 0 saturated carbocycles. The van der Waals surface area contributed by atoms with Crippen LogP contribution in [0.3, 0.4) is 0 Å². The van der Waals surface area contributed by atoms with E-state index in [1.807, 2.05) is 18.7 Å². The van der Waals surface area contributed by atoms with Crippen LogP contribution in [-0.2, 0) is 13.5 Å². The van der Waals surface area contributed by atoms with Crippen LogP contribution >= 0.6 is 0 Å². The molecule has 0 aliphatic carbocycles. The van der Waals surface area contributed by atoms with Gasteiger partial charge >= 0.3 is 0 Å². The molecule has 1 aromatic heterocycles. The fraction of sp³-hybridized carbons (Fsp3) is 0.800. The molecule has 0 aromatic carbocycles. The first kappa shape index (κ1) is 15.2. The smallest absolute Gasteiger partial charge is 0.0628 e. The zero-order valence-corrected chi connectivity index (χ0v) is 12.5. The van der Waals surface area contributed by atoms with Crippen molar-refractivity contribution in [3.8, 4) is 0 Å². The third-order valence-corrected chi connectivity index (χ3v) is 3.71. The predicted molar refractivity (Wildman–Crippen MR) is 75.7 cm³/mol. The van der Waals surface area contributed by atoms with E-state index in [4.69, 9.17) is 0 Å². The van der Waals surface area contributed by atoms with Gasteiger partial charge in [-0.2, -0.15) is 5.10 Å². The summed E-state index contributed by atoms with van der Waals surface area (Å²) >= 11 is 0. The van der Waals surface area contributed by atoms with Crippen LogP contribution in [0.2, 0.25) is 0 Å². The van der Waals surface area contributed by atoms with Gasteiger partial charge in [0.2, 0.25) is 0 Å². The Kier molecular flexibility index (Phi) is 5.86. The molecule has 1 rings (SSSR count). The summed E-state index contributed by atoms with van der Waals surface area (Å²) in [5.41, 5.74) is 3.63. The van der Waals surface area contributed by atoms with Gasteiger partial charge in [0.25, 0.3) is 0 Å². The Morgan fingerprint density at radius 1 is 1.17 bits per heavy atom. The number of aliphatic hydroxyl groups excluding tert-OH is 1. The number of hydrogen-bond acceptors (Lipinski definition) is 2. The summed E-state index contributed by atoms with van der Waals surface area (Å²) in [5.74, 6) is 0.736. The number of aryl methyl sites for hydroxylation is 2. The van der Waals surface area contributed by atoms with Crippen LogP contribution in [0.5, 0.6) is 0 Å². The summed E-state index contributed by atoms with van der Waals surface area (Å²) < 4.78 is 1.93. The van der Waals surface area contributed by atoms with Crippen LogP contribution in [0.15, 0.2) is 0 Å². The van der Waals surface area contributed by atoms with E-state index >= 15 is 0 Å². The van der Waals surface area contributed by atoms with E-state index in [0.717, 1.165) is 37.3 Å². The fourth-order valence-corrected chi connectivity index (χ4v) is 2.40. The lowest BCUT2D eigenvalue weighted by Crippen LogP contribution is -2.09. The Hall–Kier alpha value is -0.830. The number of aromatic nitrogens is 2. The second-order valence-corrected chi connectivity index (χ2v) is 5.79. The SMILES string of the molecule is Cc1nn(C)c(C)c1CCC(O)CCCC(C)C. The van der Waals surface area contributed by atoms with E-state index in [1.165, 1.54) is 17.7 Å². The van der Waals surface area contributed by atoms with Crippen LogP contribution in [0.25, 0.3) is 0 Å². The van der Waals surface area contributed by atoms with Crippen molar-refractivity contribution >= 4 is 0 Å². The molecule has 104 valence electrons. The zero-order chi connectivity index (χ0) is 13.7. The van der Waals surface area contributed by atoms with Crippen molar-refractivity contribution in [3.05, 3.63) is 17.0 Å². The van der Waals surface area contributed by atoms with E-state index in [-0.39, 0.29) is 6.10 Å². The highest BCUT2D eigenvalue weighted by atomic mass is 16.3. The molecule has 1 N–H and O–H groups in total. The van der Waals surface area contributed by atoms with Gasteiger partial charge in [-0.1, -0.05) is 26.7 Å². The molecule has 0 saturated heterocycles. The van der Waals surface area contributed by atoms with Gasteiger partial charge in [0, 0.05) is 12.7 Å². The molecule has 0 spiro atoms. The molecule has 0 bridgehead atoms. The van der Waals surface area contributed by atoms with Crippen molar-refractivity contribution in [2.75, 3.05) is 0 Å². The van der Waals surface area contributed by atoms with E-state index < -0.39 is 0 Å². The molecule has 1 unspecified atom stereocenters. The Morgan fingerprint density at radius 2 is 1.83 bits per heavy atom. The second kappa shape index (κ2) is 6.93. The number of aliphatic hydroxyl groups is 1. The molecule has 0 aliphatic heterocycles. The molecule has 1 heterocycles. The summed E-state index contributed by atoms with van der Waals surface area (Å²) in [6.07, 6.45) is 4.89. The quantitative estimate of drug-likeness (QED) is 0.809. The first-order valence-corrected chi connectivity index (χ1v) is 7.09. The first-order valence-electron chi connectivity index (χ1n) is 7.09. The molecule has 0 fully saturated rings. The minimum Gasteiger partial charge on any atom is -0.393 e. The monoisotopic (exact) mass is 252 g/mol. The molecular formula is C15H28N2O. The third kappa shape index (κ3) is 4.45. The van der Waals surface area contributed by atoms with Crippen molar-refractivity contribution in [2.45, 2.75) is 65.9 Å². The average molecular weight is 252 g/mol. The Morgan fingerprint density at radius 3 is 2.33 bits per heavy atom. The summed E-state index contributed by atoms with van der Waals surface area (Å²) in [7, 11) is 1.98. The van der Waals surface area contributed by atoms with Crippen LogP contribution in [0, 0.1) is 19.8 Å². The number of nitrogens with zero attached hydrogens (tertiary/aromatic N) is 2. The lowest BCUT2D eigenvalue weighted by molar-refractivity contribution is 0.150. The lowest BCUT2D eigenvalue weighted by atomic mass is 9.99. The average Bonchev–Trinajstić information content (AvgIpc) is 2.50. The molecule has 0 amide bonds. The maximum atomic E-state index is 9.98. The standard InChI is InChI=1S/C15H28N2O/c1-11(2)7-6-8-14(18)9-10-15-12(3)16-17(5)13(15)4/h11,14,18H,6-10H2,1-5H3. The minimum absolute atomic E-state index is 0.164. The predicted octanol–water partition coefficient (Wildman–Crippen LogP) is 3.16. The molecule has 18 heavy (non-hydrogen) atoms. The summed E-state index contributed by atoms with van der Waals surface area (Å²) in [6, 6.07) is 0. The van der Waals surface area contributed by atoms with Crippen LogP contribution in [-0.4, -0.2) is 21.0 Å². The molecular weight excluding hydrogens is 224 g/mol. The van der Waals surface area contributed by atoms with Crippen LogP contribution in [0.1, 0.15) is 56.5 Å². The van der Waals surface area contributed by atoms with Gasteiger partial charge in [-0.15, -0.1) is 0 Å². The minimum atomic E-state index is -0.164. The van der Waals surface area contributed by atoms with Crippen molar-refractivity contribution in [3.63, 3.8) is 0 Å². The van der Waals surface area contributed by atoms with Crippen LogP contribution in [0.4, 0.5) is 0 Å². The van der Waals surface area contributed by atoms with Gasteiger partial charge in [-0.05, 0) is 44.6 Å². The first-order chi connectivity index (χ1) is 8.41. The zero-order valence-electron chi connectivity index (χ0n) is 12.5. The van der Waals surface area contributed by atoms with Crippen LogP contribution < -0.4 is 0 Å². The van der Waals surface area contributed by atoms with Gasteiger partial charge in [0.15, 0.2) is 0 Å². The van der Waals surface area contributed by atoms with E-state index in [1.54, 1.807) is 0 Å². The normalized spacial score (nSPS) is 13.3. The van der Waals surface area contributed by atoms with Gasteiger partial charge in [0.1, 0.15) is 0 Å². The Balaban J connectivity index is 2.36. The second-order valence-electron chi connectivity index (χ2n) is 5.79. The number of rotatable bonds is 7. The maximum absolute atomic E-state index is 9.98. The summed E-state index contributed by atoms with van der Waals surface area (Å²) in [4.78, 5) is 0. The highest BCUT2D eigenvalue weighted by molar-refractivity contribution is 5.24.